The van der Waals surface area contributed by atoms with Crippen molar-refractivity contribution in [2.24, 2.45) is 0 Å². The minimum Gasteiger partial charge on any atom is -0.373 e. The number of halogens is 4. The molecule has 0 aliphatic heterocycles. The molecule has 0 heterocycles. The fraction of sp³-hybridized carbons (Fsp3) is 0.273. The Morgan fingerprint density at radius 2 is 2.05 bits per heavy atom. The number of hydrogen-bond donors (Lipinski definition) is 2. The maximum Gasteiger partial charge on any atom is 0.426 e. The summed E-state index contributed by atoms with van der Waals surface area (Å²) in [5, 5.41) is 19.6. The number of alkyl halides is 3. The van der Waals surface area contributed by atoms with Gasteiger partial charge in [0, 0.05) is 5.69 Å². The number of nitrogens with one attached hydrogen (secondary N) is 1. The predicted molar refractivity (Wildman–Crippen MR) is 61.5 cm³/mol. The number of nitriles is 1. The summed E-state index contributed by atoms with van der Waals surface area (Å²) in [5.74, 6) is -1.64. The Balaban J connectivity index is 2.96. The maximum atomic E-state index is 12.4. The van der Waals surface area contributed by atoms with Crippen LogP contribution in [0.3, 0.4) is 0 Å². The lowest BCUT2D eigenvalue weighted by atomic mass is 10.1. The molecule has 0 aliphatic carbocycles. The largest absolute Gasteiger partial charge is 0.426 e. The van der Waals surface area contributed by atoms with Crippen molar-refractivity contribution in [2.45, 2.75) is 18.7 Å². The van der Waals surface area contributed by atoms with Crippen LogP contribution in [0.1, 0.15) is 12.5 Å². The van der Waals surface area contributed by atoms with E-state index in [0.717, 1.165) is 6.07 Å². The zero-order valence-corrected chi connectivity index (χ0v) is 10.3. The number of carbonyl (C=O) groups is 1. The molecule has 0 aromatic heterocycles. The minimum absolute atomic E-state index is 0.0213. The molecular weight excluding hydrogens is 285 g/mol. The fourth-order valence-corrected chi connectivity index (χ4v) is 1.29. The molecule has 1 aromatic carbocycles. The van der Waals surface area contributed by atoms with Crippen molar-refractivity contribution in [3.05, 3.63) is 28.8 Å². The van der Waals surface area contributed by atoms with Crippen LogP contribution >= 0.6 is 11.6 Å². The topological polar surface area (TPSA) is 73.1 Å². The number of rotatable bonds is 2. The lowest BCUT2D eigenvalue weighted by Crippen LogP contribution is -2.52. The first-order valence-electron chi connectivity index (χ1n) is 4.90. The number of hydrogen-bond acceptors (Lipinski definition) is 3. The third-order valence-electron chi connectivity index (χ3n) is 2.34. The Morgan fingerprint density at radius 3 is 2.47 bits per heavy atom. The molecule has 8 heteroatoms. The van der Waals surface area contributed by atoms with E-state index in [9.17, 15) is 18.0 Å². The highest BCUT2D eigenvalue weighted by Crippen LogP contribution is 2.31. The van der Waals surface area contributed by atoms with Crippen LogP contribution in [0.4, 0.5) is 18.9 Å². The van der Waals surface area contributed by atoms with Crippen molar-refractivity contribution in [3.63, 3.8) is 0 Å². The fourth-order valence-electron chi connectivity index (χ4n) is 1.07. The molecule has 4 nitrogen and oxygen atoms in total. The minimum atomic E-state index is -5.10. The van der Waals surface area contributed by atoms with Gasteiger partial charge in [0.05, 0.1) is 10.6 Å². The molecule has 1 atom stereocenters. The van der Waals surface area contributed by atoms with Gasteiger partial charge in [-0.25, -0.2) is 0 Å². The molecule has 1 amide bonds. The summed E-state index contributed by atoms with van der Waals surface area (Å²) < 4.78 is 37.2. The van der Waals surface area contributed by atoms with Gasteiger partial charge in [-0.1, -0.05) is 11.6 Å². The normalized spacial score (nSPS) is 14.4. The molecule has 1 rings (SSSR count). The quantitative estimate of drug-likeness (QED) is 0.879. The first-order chi connectivity index (χ1) is 8.59. The number of benzene rings is 1. The van der Waals surface area contributed by atoms with Crippen molar-refractivity contribution in [3.8, 4) is 6.07 Å². The maximum absolute atomic E-state index is 12.4. The molecule has 0 saturated heterocycles. The van der Waals surface area contributed by atoms with Crippen LogP contribution in [0.2, 0.25) is 5.02 Å². The number of carbonyl (C=O) groups excluding carboxylic acids is 1. The Morgan fingerprint density at radius 1 is 1.47 bits per heavy atom. The van der Waals surface area contributed by atoms with Gasteiger partial charge in [0.25, 0.3) is 5.91 Å². The highest BCUT2D eigenvalue weighted by Gasteiger charge is 2.55. The first kappa shape index (κ1) is 15.3. The SMILES string of the molecule is CC(O)(C(=O)Nc1ccc(C#N)c(Cl)c1)C(F)(F)F. The van der Waals surface area contributed by atoms with E-state index in [0.29, 0.717) is 6.92 Å². The van der Waals surface area contributed by atoms with Gasteiger partial charge in [0.2, 0.25) is 5.60 Å². The van der Waals surface area contributed by atoms with Crippen molar-refractivity contribution >= 4 is 23.2 Å². The summed E-state index contributed by atoms with van der Waals surface area (Å²) in [5.41, 5.74) is -3.46. The van der Waals surface area contributed by atoms with E-state index in [1.807, 2.05) is 5.32 Å². The van der Waals surface area contributed by atoms with Crippen LogP contribution in [-0.2, 0) is 4.79 Å². The average molecular weight is 293 g/mol. The average Bonchev–Trinajstić information content (AvgIpc) is 2.27. The second kappa shape index (κ2) is 5.07. The van der Waals surface area contributed by atoms with Crippen LogP contribution in [0.15, 0.2) is 18.2 Å². The summed E-state index contributed by atoms with van der Waals surface area (Å²) in [7, 11) is 0. The van der Waals surface area contributed by atoms with Crippen LogP contribution < -0.4 is 5.32 Å². The standard InChI is InChI=1S/C11H8ClF3N2O2/c1-10(19,11(13,14)15)9(18)17-7-3-2-6(5-16)8(12)4-7/h2-4,19H,1H3,(H,17,18). The Hall–Kier alpha value is -1.78. The van der Waals surface area contributed by atoms with Gasteiger partial charge in [-0.2, -0.15) is 18.4 Å². The monoisotopic (exact) mass is 292 g/mol. The van der Waals surface area contributed by atoms with Gasteiger partial charge < -0.3 is 10.4 Å². The summed E-state index contributed by atoms with van der Waals surface area (Å²) in [6, 6.07) is 5.31. The van der Waals surface area contributed by atoms with Crippen molar-refractivity contribution in [1.82, 2.24) is 0 Å². The smallest absolute Gasteiger partial charge is 0.373 e. The molecule has 19 heavy (non-hydrogen) atoms. The van der Waals surface area contributed by atoms with Gasteiger partial charge in [0.15, 0.2) is 0 Å². The summed E-state index contributed by atoms with van der Waals surface area (Å²) in [4.78, 5) is 11.4. The van der Waals surface area contributed by atoms with E-state index >= 15 is 0 Å². The van der Waals surface area contributed by atoms with Gasteiger partial charge in [0.1, 0.15) is 6.07 Å². The van der Waals surface area contributed by atoms with E-state index < -0.39 is 17.7 Å². The van der Waals surface area contributed by atoms with E-state index in [1.54, 1.807) is 6.07 Å². The van der Waals surface area contributed by atoms with Gasteiger partial charge >= 0.3 is 6.18 Å². The number of anilines is 1. The molecule has 1 aromatic rings. The molecule has 0 fully saturated rings. The molecule has 1 unspecified atom stereocenters. The molecule has 0 spiro atoms. The second-order valence-corrected chi connectivity index (χ2v) is 4.24. The molecular formula is C11H8ClF3N2O2. The number of aliphatic hydroxyl groups is 1. The van der Waals surface area contributed by atoms with Crippen LogP contribution in [0.5, 0.6) is 0 Å². The second-order valence-electron chi connectivity index (χ2n) is 3.83. The number of amides is 1. The Labute approximate surface area is 111 Å². The lowest BCUT2D eigenvalue weighted by molar-refractivity contribution is -0.242. The molecule has 0 radical (unpaired) electrons. The highest BCUT2D eigenvalue weighted by atomic mass is 35.5. The van der Waals surface area contributed by atoms with E-state index in [-0.39, 0.29) is 16.3 Å². The van der Waals surface area contributed by atoms with Gasteiger partial charge in [-0.05, 0) is 25.1 Å². The van der Waals surface area contributed by atoms with E-state index in [4.69, 9.17) is 22.0 Å². The highest BCUT2D eigenvalue weighted by molar-refractivity contribution is 6.32. The third kappa shape index (κ3) is 3.16. The number of nitrogens with zero attached hydrogens (tertiary/aromatic N) is 1. The summed E-state index contributed by atoms with van der Waals surface area (Å²) >= 11 is 5.66. The zero-order chi connectivity index (χ0) is 14.8. The Kier molecular flexibility index (Phi) is 4.08. The molecule has 0 aliphatic rings. The third-order valence-corrected chi connectivity index (χ3v) is 2.65. The van der Waals surface area contributed by atoms with Gasteiger partial charge in [-0.15, -0.1) is 0 Å². The summed E-state index contributed by atoms with van der Waals surface area (Å²) in [6.07, 6.45) is -5.10. The molecule has 2 N–H and O–H groups in total. The van der Waals surface area contributed by atoms with E-state index in [1.165, 1.54) is 12.1 Å². The van der Waals surface area contributed by atoms with Crippen LogP contribution in [-0.4, -0.2) is 22.8 Å². The molecule has 0 saturated carbocycles. The Bertz CT molecular complexity index is 550. The van der Waals surface area contributed by atoms with Crippen LogP contribution in [0.25, 0.3) is 0 Å². The van der Waals surface area contributed by atoms with Crippen molar-refractivity contribution in [1.29, 1.82) is 5.26 Å². The van der Waals surface area contributed by atoms with Crippen molar-refractivity contribution < 1.29 is 23.1 Å². The first-order valence-corrected chi connectivity index (χ1v) is 5.27. The lowest BCUT2D eigenvalue weighted by Gasteiger charge is -2.24. The van der Waals surface area contributed by atoms with Crippen LogP contribution in [0, 0.1) is 11.3 Å². The molecule has 102 valence electrons. The summed E-state index contributed by atoms with van der Waals surface area (Å²) in [6.45, 7) is 0.341. The molecule has 0 bridgehead atoms. The van der Waals surface area contributed by atoms with E-state index in [2.05, 4.69) is 0 Å². The van der Waals surface area contributed by atoms with Crippen molar-refractivity contribution in [2.75, 3.05) is 5.32 Å². The zero-order valence-electron chi connectivity index (χ0n) is 9.55. The predicted octanol–water partition coefficient (Wildman–Crippen LogP) is 2.46. The van der Waals surface area contributed by atoms with Gasteiger partial charge in [-0.3, -0.25) is 4.79 Å².